The zero-order valence-corrected chi connectivity index (χ0v) is 35.3. The van der Waals surface area contributed by atoms with Crippen LogP contribution in [-0.4, -0.2) is 140 Å². The smallest absolute Gasteiger partial charge is 0.328 e. The zero-order valence-electron chi connectivity index (χ0n) is 35.3. The molecule has 24 nitrogen and oxygen atoms in total. The van der Waals surface area contributed by atoms with E-state index in [0.29, 0.717) is 29.6 Å². The number of fused-ring (bicyclic) bond motifs is 1. The van der Waals surface area contributed by atoms with Crippen molar-refractivity contribution < 1.29 is 72.7 Å². The number of quaternary nitrogens is 1. The highest BCUT2D eigenvalue weighted by Crippen LogP contribution is 2.33. The minimum atomic E-state index is -1.78. The summed E-state index contributed by atoms with van der Waals surface area (Å²) in [5, 5.41) is 45.5. The van der Waals surface area contributed by atoms with Crippen molar-refractivity contribution in [1.29, 1.82) is 0 Å². The molecule has 3 atom stereocenters. The summed E-state index contributed by atoms with van der Waals surface area (Å²) < 4.78 is 17.6. The van der Waals surface area contributed by atoms with Crippen molar-refractivity contribution in [3.8, 4) is 11.1 Å². The predicted octanol–water partition coefficient (Wildman–Crippen LogP) is -2.99. The molecule has 11 N–H and O–H groups in total. The van der Waals surface area contributed by atoms with E-state index in [1.807, 2.05) is 41.7 Å². The van der Waals surface area contributed by atoms with Crippen LogP contribution in [0.5, 0.6) is 0 Å². The number of aliphatic carboxylic acids is 3. The summed E-state index contributed by atoms with van der Waals surface area (Å²) in [4.78, 5) is 113. The quantitative estimate of drug-likeness (QED) is 0.0160. The molecule has 1 aliphatic rings. The number of aliphatic hydroxyl groups is 1. The molecule has 1 saturated heterocycles. The fourth-order valence-corrected chi connectivity index (χ4v) is 6.25. The Labute approximate surface area is 370 Å². The standard InChI is InChI=1S/C39H48N8O14.C2H4O2/c40-39(41)42-13-5-10-26(36(55)43-20-31(51)45-27(18-33(52)53)37(56)46-28(21-48)38(57)58)44-30(50)11-12-34(54)60-22-47(14-16-59-17-15-47)32-19-29(49)25-9-4-8-24(35(25)61-32)23-6-2-1-3-7-23;1-2(3)4/h1-4,6-9,19,26-28,48H,5,10-18,20-22H2,(H9-,40,41,42,43,44,45,46,50,51,52,53,55,56,57,58);1H3,(H,3,4)/t26-,27?,28-;/m0./s1. The Morgan fingerprint density at radius 1 is 0.877 bits per heavy atom. The number of aliphatic imine (C=N–C) groups is 1. The number of nitrogens with zero attached hydrogens (tertiary/aromatic N) is 2. The maximum absolute atomic E-state index is 13.4. The van der Waals surface area contributed by atoms with Gasteiger partial charge in [-0.1, -0.05) is 42.5 Å². The van der Waals surface area contributed by atoms with Gasteiger partial charge in [-0.05, 0) is 31.4 Å². The lowest BCUT2D eigenvalue weighted by Crippen LogP contribution is -2.58. The van der Waals surface area contributed by atoms with Crippen molar-refractivity contribution in [2.24, 2.45) is 16.5 Å². The molecule has 0 bridgehead atoms. The molecule has 2 aromatic carbocycles. The summed E-state index contributed by atoms with van der Waals surface area (Å²) in [6.07, 6.45) is -1.63. The topological polar surface area (TPSA) is 381 Å². The third kappa shape index (κ3) is 17.0. The number of nitrogens with one attached hydrogen (secondary N) is 4. The van der Waals surface area contributed by atoms with Crippen LogP contribution in [0.2, 0.25) is 0 Å². The summed E-state index contributed by atoms with van der Waals surface area (Å²) >= 11 is 0. The molecule has 1 aliphatic heterocycles. The Kier molecular flexibility index (Phi) is 20.5. The number of carbonyl (C=O) groups is 8. The van der Waals surface area contributed by atoms with Gasteiger partial charge >= 0.3 is 23.8 Å². The van der Waals surface area contributed by atoms with E-state index < -0.39 is 98.0 Å². The Morgan fingerprint density at radius 3 is 2.15 bits per heavy atom. The maximum atomic E-state index is 13.4. The van der Waals surface area contributed by atoms with Crippen LogP contribution < -0.4 is 47.8 Å². The molecular formula is C41H52N8O16. The van der Waals surface area contributed by atoms with Gasteiger partial charge in [-0.3, -0.25) is 38.6 Å². The van der Waals surface area contributed by atoms with Crippen molar-refractivity contribution >= 4 is 70.3 Å². The van der Waals surface area contributed by atoms with Crippen LogP contribution in [0.4, 0.5) is 5.88 Å². The number of benzene rings is 2. The highest BCUT2D eigenvalue weighted by atomic mass is 16.6. The fourth-order valence-electron chi connectivity index (χ4n) is 6.25. The summed E-state index contributed by atoms with van der Waals surface area (Å²) in [7, 11) is 0. The number of carboxylic acids is 3. The molecule has 2 heterocycles. The molecule has 0 saturated carbocycles. The lowest BCUT2D eigenvalue weighted by molar-refractivity contribution is -0.302. The van der Waals surface area contributed by atoms with Gasteiger partial charge in [-0.2, -0.15) is 0 Å². The molecule has 1 unspecified atom stereocenters. The SMILES string of the molecule is CC(=O)[O-].NC(N)=NCCC[C@H](NC(=O)CCC(=O)OC[N+]1(c2cc(=O)c3cccc(-c4ccccc4)c3o2)CCOCC1)C(=O)NCC(=O)NC(CC(=O)O)C(=O)N[C@@H](CO)C(=O)O. The molecule has 4 rings (SSSR count). The molecule has 0 aliphatic carbocycles. The lowest BCUT2D eigenvalue weighted by Gasteiger charge is -2.37. The average molecular weight is 913 g/mol. The molecule has 352 valence electrons. The molecule has 65 heavy (non-hydrogen) atoms. The van der Waals surface area contributed by atoms with Gasteiger partial charge in [0, 0.05) is 24.5 Å². The maximum Gasteiger partial charge on any atom is 0.328 e. The first-order valence-electron chi connectivity index (χ1n) is 20.0. The number of hydrogen-bond donors (Lipinski definition) is 9. The van der Waals surface area contributed by atoms with Gasteiger partial charge in [0.05, 0.1) is 50.7 Å². The second-order valence-electron chi connectivity index (χ2n) is 14.4. The van der Waals surface area contributed by atoms with Gasteiger partial charge in [0.15, 0.2) is 17.0 Å². The number of aliphatic hydroxyl groups excluding tert-OH is 1. The first kappa shape index (κ1) is 51.9. The third-order valence-electron chi connectivity index (χ3n) is 9.50. The Morgan fingerprint density at radius 2 is 1.54 bits per heavy atom. The van der Waals surface area contributed by atoms with Crippen LogP contribution in [0.15, 0.2) is 68.8 Å². The summed E-state index contributed by atoms with van der Waals surface area (Å²) in [5.41, 5.74) is 12.4. The van der Waals surface area contributed by atoms with E-state index in [0.717, 1.165) is 12.5 Å². The van der Waals surface area contributed by atoms with E-state index in [2.05, 4.69) is 20.9 Å². The number of esters is 1. The largest absolute Gasteiger partial charge is 0.550 e. The molecule has 1 fully saturated rings. The number of ether oxygens (including phenoxy) is 2. The van der Waals surface area contributed by atoms with Crippen LogP contribution in [0.3, 0.4) is 0 Å². The van der Waals surface area contributed by atoms with E-state index in [4.69, 9.17) is 40.4 Å². The predicted molar refractivity (Wildman–Crippen MR) is 227 cm³/mol. The normalized spacial score (nSPS) is 14.1. The average Bonchev–Trinajstić information content (AvgIpc) is 3.26. The molecule has 24 heteroatoms. The van der Waals surface area contributed by atoms with Crippen LogP contribution >= 0.6 is 0 Å². The molecule has 4 amide bonds. The second-order valence-corrected chi connectivity index (χ2v) is 14.4. The van der Waals surface area contributed by atoms with E-state index in [1.165, 1.54) is 6.07 Å². The van der Waals surface area contributed by atoms with Crippen LogP contribution in [0, 0.1) is 0 Å². The molecule has 0 radical (unpaired) electrons. The molecule has 0 spiro atoms. The van der Waals surface area contributed by atoms with E-state index in [9.17, 15) is 48.6 Å². The summed E-state index contributed by atoms with van der Waals surface area (Å²) in [6, 6.07) is 11.3. The van der Waals surface area contributed by atoms with Crippen molar-refractivity contribution in [3.63, 3.8) is 0 Å². The number of hydrogen-bond acceptors (Lipinski definition) is 15. The van der Waals surface area contributed by atoms with Crippen LogP contribution in [-0.2, 0) is 47.8 Å². The highest BCUT2D eigenvalue weighted by Gasteiger charge is 2.38. The van der Waals surface area contributed by atoms with Gasteiger partial charge in [0.2, 0.25) is 30.4 Å². The first-order chi connectivity index (χ1) is 30.8. The highest BCUT2D eigenvalue weighted by molar-refractivity contribution is 5.95. The molecular weight excluding hydrogens is 860 g/mol. The number of guanidine groups is 1. The van der Waals surface area contributed by atoms with Crippen molar-refractivity contribution in [1.82, 2.24) is 25.8 Å². The summed E-state index contributed by atoms with van der Waals surface area (Å²) in [6.45, 7) is 0.190. The van der Waals surface area contributed by atoms with E-state index in [-0.39, 0.29) is 61.1 Å². The van der Waals surface area contributed by atoms with Crippen molar-refractivity contribution in [2.45, 2.75) is 57.2 Å². The number of amides is 4. The Hall–Kier alpha value is -7.44. The minimum absolute atomic E-state index is 0.0345. The first-order valence-corrected chi connectivity index (χ1v) is 20.0. The number of carbonyl (C=O) groups excluding carboxylic acids is 6. The number of para-hydroxylation sites is 1. The van der Waals surface area contributed by atoms with E-state index >= 15 is 0 Å². The van der Waals surface area contributed by atoms with Crippen LogP contribution in [0.1, 0.15) is 39.0 Å². The number of nitrogens with two attached hydrogens (primary N) is 2. The monoisotopic (exact) mass is 912 g/mol. The van der Waals surface area contributed by atoms with Crippen LogP contribution in [0.25, 0.3) is 22.1 Å². The van der Waals surface area contributed by atoms with Crippen molar-refractivity contribution in [3.05, 3.63) is 64.8 Å². The van der Waals surface area contributed by atoms with Gasteiger partial charge in [-0.15, -0.1) is 0 Å². The number of carboxylic acid groups (broad SMARTS) is 3. The summed E-state index contributed by atoms with van der Waals surface area (Å²) in [5.74, 6) is -8.78. The second kappa shape index (κ2) is 25.6. The number of morpholine rings is 1. The van der Waals surface area contributed by atoms with Crippen molar-refractivity contribution in [2.75, 3.05) is 52.7 Å². The Balaban J connectivity index is 0.00000269. The lowest BCUT2D eigenvalue weighted by atomic mass is 10.0. The van der Waals surface area contributed by atoms with Gasteiger partial charge in [-0.25, -0.2) is 9.28 Å². The minimum Gasteiger partial charge on any atom is -0.550 e. The zero-order chi connectivity index (χ0) is 48.1. The number of rotatable bonds is 22. The van der Waals surface area contributed by atoms with Gasteiger partial charge in [0.1, 0.15) is 31.2 Å². The molecule has 3 aromatic rings. The fraction of sp³-hybridized carbons (Fsp3) is 0.415. The third-order valence-corrected chi connectivity index (χ3v) is 9.50. The Bertz CT molecular complexity index is 2250. The van der Waals surface area contributed by atoms with Gasteiger partial charge < -0.3 is 71.8 Å². The van der Waals surface area contributed by atoms with E-state index in [1.54, 1.807) is 12.1 Å². The van der Waals surface area contributed by atoms with Gasteiger partial charge in [0.25, 0.3) is 0 Å². The molecule has 1 aromatic heterocycles.